The molecule has 1 heterocycles. The molecule has 0 unspecified atom stereocenters. The number of carboxylic acid groups (broad SMARTS) is 1. The van der Waals surface area contributed by atoms with Gasteiger partial charge in [-0.3, -0.25) is 0 Å². The Kier molecular flexibility index (Phi) is 3.81. The summed E-state index contributed by atoms with van der Waals surface area (Å²) in [6.45, 7) is 0. The molecular formula is C6H5KN2O2S. The minimum absolute atomic E-state index is 0. The number of rotatable bonds is 2. The molecule has 12 heavy (non-hydrogen) atoms. The van der Waals surface area contributed by atoms with Crippen molar-refractivity contribution in [2.45, 2.75) is 18.8 Å². The zero-order valence-electron chi connectivity index (χ0n) is 6.61. The summed E-state index contributed by atoms with van der Waals surface area (Å²) in [5, 5.41) is 18.3. The van der Waals surface area contributed by atoms with Crippen LogP contribution in [0.2, 0.25) is 0 Å². The van der Waals surface area contributed by atoms with E-state index in [2.05, 4.69) is 10.2 Å². The van der Waals surface area contributed by atoms with Crippen LogP contribution in [0, 0.1) is 0 Å². The molecule has 1 fully saturated rings. The fourth-order valence-electron chi connectivity index (χ4n) is 0.812. The predicted octanol–water partition coefficient (Wildman–Crippen LogP) is -3.22. The second-order valence-corrected chi connectivity index (χ2v) is 3.52. The van der Waals surface area contributed by atoms with E-state index in [1.54, 1.807) is 0 Å². The minimum Gasteiger partial charge on any atom is -0.542 e. The summed E-state index contributed by atoms with van der Waals surface area (Å²) in [6, 6.07) is 0. The molecule has 4 nitrogen and oxygen atoms in total. The summed E-state index contributed by atoms with van der Waals surface area (Å²) in [7, 11) is 0. The molecule has 0 amide bonds. The maximum absolute atomic E-state index is 10.3. The van der Waals surface area contributed by atoms with Crippen LogP contribution in [-0.4, -0.2) is 16.2 Å². The van der Waals surface area contributed by atoms with Gasteiger partial charge in [-0.2, -0.15) is 0 Å². The number of aromatic nitrogens is 2. The van der Waals surface area contributed by atoms with Crippen LogP contribution in [0.1, 0.15) is 33.6 Å². The Morgan fingerprint density at radius 1 is 1.50 bits per heavy atom. The first-order valence-corrected chi connectivity index (χ1v) is 4.14. The topological polar surface area (TPSA) is 65.9 Å². The number of carboxylic acids is 1. The third kappa shape index (κ3) is 2.33. The maximum Gasteiger partial charge on any atom is 1.00 e. The van der Waals surface area contributed by atoms with Gasteiger partial charge in [-0.15, -0.1) is 10.2 Å². The number of carbonyl (C=O) groups is 1. The van der Waals surface area contributed by atoms with E-state index in [1.807, 2.05) is 0 Å². The Hall–Kier alpha value is 0.666. The largest absolute Gasteiger partial charge is 1.00 e. The fraction of sp³-hybridized carbons (Fsp3) is 0.500. The van der Waals surface area contributed by atoms with Crippen molar-refractivity contribution in [2.75, 3.05) is 0 Å². The molecule has 0 aromatic carbocycles. The molecule has 58 valence electrons. The van der Waals surface area contributed by atoms with Crippen molar-refractivity contribution in [3.63, 3.8) is 0 Å². The van der Waals surface area contributed by atoms with Crippen LogP contribution < -0.4 is 56.5 Å². The van der Waals surface area contributed by atoms with E-state index in [0.29, 0.717) is 5.92 Å². The monoisotopic (exact) mass is 208 g/mol. The van der Waals surface area contributed by atoms with E-state index in [0.717, 1.165) is 29.2 Å². The van der Waals surface area contributed by atoms with Gasteiger partial charge < -0.3 is 9.90 Å². The van der Waals surface area contributed by atoms with Gasteiger partial charge in [-0.1, -0.05) is 11.3 Å². The van der Waals surface area contributed by atoms with E-state index in [-0.39, 0.29) is 56.4 Å². The average molecular weight is 208 g/mol. The van der Waals surface area contributed by atoms with Gasteiger partial charge in [-0.25, -0.2) is 0 Å². The van der Waals surface area contributed by atoms with Crippen LogP contribution in [0.4, 0.5) is 0 Å². The van der Waals surface area contributed by atoms with Gasteiger partial charge in [0.25, 0.3) is 0 Å². The van der Waals surface area contributed by atoms with Gasteiger partial charge in [0.1, 0.15) is 11.0 Å². The quantitative estimate of drug-likeness (QED) is 0.480. The molecule has 6 heteroatoms. The smallest absolute Gasteiger partial charge is 0.542 e. The van der Waals surface area contributed by atoms with Crippen LogP contribution in [0.15, 0.2) is 0 Å². The second-order valence-electron chi connectivity index (χ2n) is 2.51. The molecule has 0 radical (unpaired) electrons. The Balaban J connectivity index is 0.000000720. The zero-order valence-corrected chi connectivity index (χ0v) is 10.6. The number of hydrogen-bond donors (Lipinski definition) is 0. The van der Waals surface area contributed by atoms with E-state index in [4.69, 9.17) is 0 Å². The zero-order chi connectivity index (χ0) is 7.84. The molecule has 0 saturated heterocycles. The number of nitrogens with zero attached hydrogens (tertiary/aromatic N) is 2. The van der Waals surface area contributed by atoms with Gasteiger partial charge in [0.15, 0.2) is 5.01 Å². The molecule has 0 N–H and O–H groups in total. The molecule has 0 bridgehead atoms. The van der Waals surface area contributed by atoms with Gasteiger partial charge in [0.2, 0.25) is 0 Å². The van der Waals surface area contributed by atoms with Crippen molar-refractivity contribution in [3.8, 4) is 0 Å². The first-order chi connectivity index (χ1) is 5.27. The number of hydrogen-bond acceptors (Lipinski definition) is 5. The van der Waals surface area contributed by atoms with Crippen LogP contribution in [0.3, 0.4) is 0 Å². The summed E-state index contributed by atoms with van der Waals surface area (Å²) in [6.07, 6.45) is 2.23. The van der Waals surface area contributed by atoms with Gasteiger partial charge >= 0.3 is 51.4 Å². The summed E-state index contributed by atoms with van der Waals surface area (Å²) >= 11 is 1.13. The van der Waals surface area contributed by atoms with Crippen LogP contribution in [0.25, 0.3) is 0 Å². The summed E-state index contributed by atoms with van der Waals surface area (Å²) in [4.78, 5) is 10.3. The molecular weight excluding hydrogens is 203 g/mol. The second kappa shape index (κ2) is 4.25. The summed E-state index contributed by atoms with van der Waals surface area (Å²) in [5.74, 6) is -0.755. The van der Waals surface area contributed by atoms with E-state index in [9.17, 15) is 9.90 Å². The van der Waals surface area contributed by atoms with Crippen molar-refractivity contribution < 1.29 is 61.3 Å². The molecule has 2 rings (SSSR count). The van der Waals surface area contributed by atoms with Crippen molar-refractivity contribution in [1.82, 2.24) is 10.2 Å². The van der Waals surface area contributed by atoms with Crippen molar-refractivity contribution in [2.24, 2.45) is 0 Å². The molecule has 1 aliphatic rings. The van der Waals surface area contributed by atoms with Gasteiger partial charge in [0.05, 0.1) is 0 Å². The SMILES string of the molecule is O=C([O-])c1nnc(C2CC2)s1.[K+]. The summed E-state index contributed by atoms with van der Waals surface area (Å²) < 4.78 is 0. The normalized spacial score (nSPS) is 15.3. The molecule has 0 atom stereocenters. The van der Waals surface area contributed by atoms with E-state index in [1.165, 1.54) is 0 Å². The molecule has 1 aromatic heterocycles. The standard InChI is InChI=1S/C6H6N2O2S.K/c9-6(10)5-8-7-4(11-5)3-1-2-3;/h3H,1-2H2,(H,9,10);/q;+1/p-1. The van der Waals surface area contributed by atoms with Crippen LogP contribution in [-0.2, 0) is 0 Å². The number of aromatic carboxylic acids is 1. The Morgan fingerprint density at radius 3 is 2.58 bits per heavy atom. The van der Waals surface area contributed by atoms with Crippen molar-refractivity contribution in [1.29, 1.82) is 0 Å². The molecule has 1 saturated carbocycles. The Bertz CT molecular complexity index is 297. The third-order valence-electron chi connectivity index (χ3n) is 1.54. The predicted molar refractivity (Wildman–Crippen MR) is 36.2 cm³/mol. The maximum atomic E-state index is 10.3. The molecule has 1 aromatic rings. The minimum atomic E-state index is -1.23. The van der Waals surface area contributed by atoms with Crippen LogP contribution in [0.5, 0.6) is 0 Å². The van der Waals surface area contributed by atoms with Crippen molar-refractivity contribution in [3.05, 3.63) is 10.0 Å². The van der Waals surface area contributed by atoms with Crippen LogP contribution >= 0.6 is 11.3 Å². The first kappa shape index (κ1) is 10.7. The molecule has 1 aliphatic carbocycles. The molecule has 0 aliphatic heterocycles. The Morgan fingerprint density at radius 2 is 2.17 bits per heavy atom. The third-order valence-corrected chi connectivity index (χ3v) is 2.61. The van der Waals surface area contributed by atoms with E-state index >= 15 is 0 Å². The number of carbonyl (C=O) groups excluding carboxylic acids is 1. The molecule has 0 spiro atoms. The van der Waals surface area contributed by atoms with E-state index < -0.39 is 5.97 Å². The first-order valence-electron chi connectivity index (χ1n) is 3.32. The fourth-order valence-corrected chi connectivity index (χ4v) is 1.66. The summed E-state index contributed by atoms with van der Waals surface area (Å²) in [5.41, 5.74) is 0. The van der Waals surface area contributed by atoms with Gasteiger partial charge in [0, 0.05) is 5.92 Å². The van der Waals surface area contributed by atoms with Gasteiger partial charge in [-0.05, 0) is 12.8 Å². The van der Waals surface area contributed by atoms with Crippen molar-refractivity contribution >= 4 is 17.3 Å². The average Bonchev–Trinajstić information content (AvgIpc) is 2.68. The Labute approximate surface area is 116 Å².